The first kappa shape index (κ1) is 14.1. The molecule has 0 aliphatic carbocycles. The molecule has 8 heteroatoms. The Morgan fingerprint density at radius 3 is 2.87 bits per heavy atom. The van der Waals surface area contributed by atoms with Gasteiger partial charge in [0, 0.05) is 7.05 Å². The maximum Gasteiger partial charge on any atom is 0.235 e. The first-order valence-electron chi connectivity index (χ1n) is 7.41. The summed E-state index contributed by atoms with van der Waals surface area (Å²) in [7, 11) is 1.94. The van der Waals surface area contributed by atoms with Crippen LogP contribution in [0.3, 0.4) is 0 Å². The van der Waals surface area contributed by atoms with Gasteiger partial charge in [-0.1, -0.05) is 25.2 Å². The molecule has 4 aromatic heterocycles. The quantitative estimate of drug-likeness (QED) is 0.575. The fraction of sp³-hybridized carbons (Fsp3) is 0.333. The molecule has 0 spiro atoms. The highest BCUT2D eigenvalue weighted by molar-refractivity contribution is 7.19. The van der Waals surface area contributed by atoms with Gasteiger partial charge in [-0.25, -0.2) is 0 Å². The maximum absolute atomic E-state index is 5.40. The van der Waals surface area contributed by atoms with Crippen LogP contribution in [0, 0.1) is 5.92 Å². The van der Waals surface area contributed by atoms with Crippen molar-refractivity contribution >= 4 is 16.3 Å². The van der Waals surface area contributed by atoms with Crippen molar-refractivity contribution in [3.05, 3.63) is 30.2 Å². The van der Waals surface area contributed by atoms with Crippen molar-refractivity contribution in [2.75, 3.05) is 0 Å². The van der Waals surface area contributed by atoms with Crippen LogP contribution in [0.15, 0.2) is 28.9 Å². The fourth-order valence-corrected chi connectivity index (χ4v) is 3.41. The van der Waals surface area contributed by atoms with Crippen molar-refractivity contribution in [3.8, 4) is 22.3 Å². The van der Waals surface area contributed by atoms with Crippen molar-refractivity contribution < 1.29 is 4.42 Å². The van der Waals surface area contributed by atoms with Gasteiger partial charge >= 0.3 is 0 Å². The standard InChI is InChI=1S/C15H16N6OS/c1-9(2)7-10-8-11(20(3)18-10)14-19-21-13(12-5-4-6-22-12)16-17-15(21)23-14/h4-6,8-9H,7H2,1-3H3. The van der Waals surface area contributed by atoms with Gasteiger partial charge in [0.25, 0.3) is 0 Å². The third-order valence-corrected chi connectivity index (χ3v) is 4.42. The highest BCUT2D eigenvalue weighted by Gasteiger charge is 2.18. The fourth-order valence-electron chi connectivity index (χ4n) is 2.52. The van der Waals surface area contributed by atoms with Crippen molar-refractivity contribution in [2.45, 2.75) is 20.3 Å². The topological polar surface area (TPSA) is 74.0 Å². The molecule has 0 N–H and O–H groups in total. The molecule has 0 radical (unpaired) electrons. The molecule has 0 saturated carbocycles. The van der Waals surface area contributed by atoms with Crippen LogP contribution in [-0.2, 0) is 13.5 Å². The Balaban J connectivity index is 1.77. The molecule has 0 aromatic carbocycles. The summed E-state index contributed by atoms with van der Waals surface area (Å²) >= 11 is 1.49. The van der Waals surface area contributed by atoms with E-state index in [4.69, 9.17) is 4.42 Å². The molecule has 23 heavy (non-hydrogen) atoms. The average Bonchev–Trinajstić information content (AvgIpc) is 3.20. The van der Waals surface area contributed by atoms with E-state index < -0.39 is 0 Å². The third-order valence-electron chi connectivity index (χ3n) is 3.50. The molecule has 0 fully saturated rings. The van der Waals surface area contributed by atoms with Gasteiger partial charge in [0.2, 0.25) is 10.8 Å². The Bertz CT molecular complexity index is 946. The van der Waals surface area contributed by atoms with Crippen molar-refractivity contribution in [2.24, 2.45) is 13.0 Å². The molecule has 4 heterocycles. The van der Waals surface area contributed by atoms with Gasteiger partial charge in [0.1, 0.15) is 0 Å². The molecule has 0 unspecified atom stereocenters. The summed E-state index contributed by atoms with van der Waals surface area (Å²) < 4.78 is 8.98. The van der Waals surface area contributed by atoms with Crippen LogP contribution < -0.4 is 0 Å². The van der Waals surface area contributed by atoms with Crippen LogP contribution in [0.25, 0.3) is 27.2 Å². The summed E-state index contributed by atoms with van der Waals surface area (Å²) in [6.45, 7) is 4.38. The van der Waals surface area contributed by atoms with Gasteiger partial charge in [-0.3, -0.25) is 4.68 Å². The number of aromatic nitrogens is 6. The smallest absolute Gasteiger partial charge is 0.235 e. The summed E-state index contributed by atoms with van der Waals surface area (Å²) in [6, 6.07) is 5.77. The van der Waals surface area contributed by atoms with Crippen molar-refractivity contribution in [1.82, 2.24) is 29.6 Å². The van der Waals surface area contributed by atoms with Gasteiger partial charge in [-0.05, 0) is 30.5 Å². The van der Waals surface area contributed by atoms with E-state index in [1.807, 2.05) is 23.9 Å². The van der Waals surface area contributed by atoms with Crippen LogP contribution in [0.2, 0.25) is 0 Å². The molecular formula is C15H16N6OS. The highest BCUT2D eigenvalue weighted by atomic mass is 32.1. The molecule has 4 rings (SSSR count). The molecular weight excluding hydrogens is 312 g/mol. The lowest BCUT2D eigenvalue weighted by Gasteiger charge is -1.98. The minimum atomic E-state index is 0.570. The summed E-state index contributed by atoms with van der Waals surface area (Å²) in [6.07, 6.45) is 2.57. The monoisotopic (exact) mass is 328 g/mol. The van der Waals surface area contributed by atoms with Crippen LogP contribution in [-0.4, -0.2) is 29.6 Å². The normalized spacial score (nSPS) is 11.8. The zero-order chi connectivity index (χ0) is 16.0. The van der Waals surface area contributed by atoms with Crippen molar-refractivity contribution in [1.29, 1.82) is 0 Å². The lowest BCUT2D eigenvalue weighted by atomic mass is 10.1. The molecule has 7 nitrogen and oxygen atoms in total. The van der Waals surface area contributed by atoms with Crippen LogP contribution in [0.5, 0.6) is 0 Å². The zero-order valence-corrected chi connectivity index (χ0v) is 13.9. The lowest BCUT2D eigenvalue weighted by molar-refractivity contribution is 0.575. The molecule has 0 amide bonds. The lowest BCUT2D eigenvalue weighted by Crippen LogP contribution is -1.97. The molecule has 0 aliphatic heterocycles. The van der Waals surface area contributed by atoms with E-state index in [9.17, 15) is 0 Å². The maximum atomic E-state index is 5.40. The summed E-state index contributed by atoms with van der Waals surface area (Å²) in [5.74, 6) is 1.83. The number of nitrogens with zero attached hydrogens (tertiary/aromatic N) is 6. The molecule has 0 saturated heterocycles. The second-order valence-electron chi connectivity index (χ2n) is 5.84. The van der Waals surface area contributed by atoms with E-state index in [-0.39, 0.29) is 0 Å². The van der Waals surface area contributed by atoms with Gasteiger partial charge in [0.15, 0.2) is 10.8 Å². The first-order chi connectivity index (χ1) is 11.1. The third kappa shape index (κ3) is 2.44. The van der Waals surface area contributed by atoms with Gasteiger partial charge in [-0.2, -0.15) is 14.7 Å². The Kier molecular flexibility index (Phi) is 3.26. The second-order valence-corrected chi connectivity index (χ2v) is 6.80. The van der Waals surface area contributed by atoms with E-state index in [0.717, 1.165) is 27.8 Å². The Hall–Kier alpha value is -2.48. The van der Waals surface area contributed by atoms with Gasteiger partial charge < -0.3 is 4.42 Å². The van der Waals surface area contributed by atoms with E-state index in [1.54, 1.807) is 10.8 Å². The summed E-state index contributed by atoms with van der Waals surface area (Å²) in [5, 5.41) is 18.4. The molecule has 4 aromatic rings. The molecule has 118 valence electrons. The minimum absolute atomic E-state index is 0.570. The first-order valence-corrected chi connectivity index (χ1v) is 8.23. The number of furan rings is 1. The Labute approximate surface area is 136 Å². The minimum Gasteiger partial charge on any atom is -0.461 e. The Morgan fingerprint density at radius 2 is 2.13 bits per heavy atom. The van der Waals surface area contributed by atoms with Crippen molar-refractivity contribution in [3.63, 3.8) is 0 Å². The van der Waals surface area contributed by atoms with Crippen LogP contribution in [0.4, 0.5) is 0 Å². The second kappa shape index (κ2) is 5.31. The summed E-state index contributed by atoms with van der Waals surface area (Å²) in [5.41, 5.74) is 2.07. The number of aryl methyl sites for hydroxylation is 1. The highest BCUT2D eigenvalue weighted by Crippen LogP contribution is 2.28. The number of fused-ring (bicyclic) bond motifs is 1. The van der Waals surface area contributed by atoms with E-state index >= 15 is 0 Å². The number of hydrogen-bond donors (Lipinski definition) is 0. The largest absolute Gasteiger partial charge is 0.461 e. The van der Waals surface area contributed by atoms with E-state index in [1.165, 1.54) is 11.3 Å². The van der Waals surface area contributed by atoms with Crippen LogP contribution in [0.1, 0.15) is 19.5 Å². The number of rotatable bonds is 4. The van der Waals surface area contributed by atoms with Crippen LogP contribution >= 0.6 is 11.3 Å². The predicted octanol–water partition coefficient (Wildman–Crippen LogP) is 3.04. The summed E-state index contributed by atoms with van der Waals surface area (Å²) in [4.78, 5) is 0.734. The van der Waals surface area contributed by atoms with Gasteiger partial charge in [-0.15, -0.1) is 10.2 Å². The van der Waals surface area contributed by atoms with E-state index in [2.05, 4.69) is 40.3 Å². The predicted molar refractivity (Wildman–Crippen MR) is 87.1 cm³/mol. The zero-order valence-electron chi connectivity index (χ0n) is 13.1. The SMILES string of the molecule is CC(C)Cc1cc(-c2nn3c(-c4ccco4)nnc3s2)n(C)n1. The van der Waals surface area contributed by atoms with E-state index in [0.29, 0.717) is 17.5 Å². The number of hydrogen-bond acceptors (Lipinski definition) is 6. The molecule has 0 atom stereocenters. The Morgan fingerprint density at radius 1 is 1.26 bits per heavy atom. The average molecular weight is 328 g/mol. The molecule has 0 bridgehead atoms. The molecule has 0 aliphatic rings. The van der Waals surface area contributed by atoms with Gasteiger partial charge in [0.05, 0.1) is 17.7 Å².